The Bertz CT molecular complexity index is 1390. The number of rotatable bonds is 9. The third-order valence-electron chi connectivity index (χ3n) is 6.85. The smallest absolute Gasteiger partial charge is 0.270 e. The zero-order chi connectivity index (χ0) is 26.5. The molecule has 1 aliphatic heterocycles. The number of anilines is 3. The molecule has 2 N–H and O–H groups in total. The highest BCUT2D eigenvalue weighted by Gasteiger charge is 2.13. The molecule has 1 saturated heterocycles. The molecule has 2 aromatic heterocycles. The van der Waals surface area contributed by atoms with Crippen molar-refractivity contribution < 1.29 is 9.53 Å². The molecule has 0 radical (unpaired) electrons. The summed E-state index contributed by atoms with van der Waals surface area (Å²) in [5.74, 6) is 1.74. The monoisotopic (exact) mass is 513 g/mol. The summed E-state index contributed by atoms with van der Waals surface area (Å²) in [4.78, 5) is 26.1. The summed E-state index contributed by atoms with van der Waals surface area (Å²) in [6, 6.07) is 17.4. The first-order valence-electron chi connectivity index (χ1n) is 13.1. The van der Waals surface area contributed by atoms with Gasteiger partial charge in [0.25, 0.3) is 5.91 Å². The fourth-order valence-electron chi connectivity index (χ4n) is 4.66. The molecule has 1 fully saturated rings. The van der Waals surface area contributed by atoms with Gasteiger partial charge in [0.15, 0.2) is 0 Å². The number of aryl methyl sites for hydroxylation is 1. The predicted octanol–water partition coefficient (Wildman–Crippen LogP) is 4.79. The number of piperidine rings is 1. The Morgan fingerprint density at radius 3 is 2.53 bits per heavy atom. The lowest BCUT2D eigenvalue weighted by atomic mass is 10.1. The van der Waals surface area contributed by atoms with Crippen LogP contribution in [0.2, 0.25) is 0 Å². The lowest BCUT2D eigenvalue weighted by Crippen LogP contribution is -2.37. The van der Waals surface area contributed by atoms with Crippen molar-refractivity contribution in [3.05, 3.63) is 66.5 Å². The lowest BCUT2D eigenvalue weighted by molar-refractivity contribution is 0.0941. The van der Waals surface area contributed by atoms with E-state index < -0.39 is 0 Å². The molecule has 0 unspecified atom stereocenters. The molecular formula is C29H35N7O2. The third kappa shape index (κ3) is 6.06. The van der Waals surface area contributed by atoms with Crippen LogP contribution in [0.25, 0.3) is 11.0 Å². The molecule has 9 nitrogen and oxygen atoms in total. The second-order valence-electron chi connectivity index (χ2n) is 9.85. The number of ether oxygens (including phenoxy) is 1. The van der Waals surface area contributed by atoms with Gasteiger partial charge in [-0.05, 0) is 68.4 Å². The summed E-state index contributed by atoms with van der Waals surface area (Å²) in [7, 11) is 6.02. The average molecular weight is 514 g/mol. The highest BCUT2D eigenvalue weighted by atomic mass is 16.5. The minimum Gasteiger partial charge on any atom is -0.457 e. The average Bonchev–Trinajstić information content (AvgIpc) is 3.23. The maximum Gasteiger partial charge on any atom is 0.270 e. The quantitative estimate of drug-likeness (QED) is 0.333. The number of benzene rings is 2. The van der Waals surface area contributed by atoms with Crippen molar-refractivity contribution in [3.63, 3.8) is 0 Å². The third-order valence-corrected chi connectivity index (χ3v) is 6.85. The van der Waals surface area contributed by atoms with Crippen LogP contribution in [0.15, 0.2) is 60.8 Å². The minimum atomic E-state index is -0.193. The Morgan fingerprint density at radius 2 is 1.76 bits per heavy atom. The van der Waals surface area contributed by atoms with Crippen molar-refractivity contribution >= 4 is 34.3 Å². The first kappa shape index (κ1) is 25.5. The number of amides is 1. The Kier molecular flexibility index (Phi) is 7.74. The van der Waals surface area contributed by atoms with Crippen molar-refractivity contribution in [2.24, 2.45) is 7.05 Å². The van der Waals surface area contributed by atoms with Gasteiger partial charge in [0.05, 0.1) is 11.0 Å². The Balaban J connectivity index is 1.23. The van der Waals surface area contributed by atoms with Crippen LogP contribution in [0.3, 0.4) is 0 Å². The number of imidazole rings is 1. The molecule has 5 rings (SSSR count). The lowest BCUT2D eigenvalue weighted by Gasteiger charge is -2.26. The van der Waals surface area contributed by atoms with Gasteiger partial charge in [0.2, 0.25) is 5.95 Å². The normalized spacial score (nSPS) is 13.9. The summed E-state index contributed by atoms with van der Waals surface area (Å²) in [5, 5.41) is 6.37. The number of likely N-dealkylation sites (tertiary alicyclic amines) is 1. The van der Waals surface area contributed by atoms with E-state index in [0.717, 1.165) is 48.0 Å². The van der Waals surface area contributed by atoms with E-state index in [2.05, 4.69) is 37.6 Å². The molecule has 0 atom stereocenters. The van der Waals surface area contributed by atoms with Crippen molar-refractivity contribution in [3.8, 4) is 11.5 Å². The van der Waals surface area contributed by atoms with Crippen LogP contribution in [-0.4, -0.2) is 65.6 Å². The van der Waals surface area contributed by atoms with E-state index in [-0.39, 0.29) is 5.91 Å². The number of aromatic nitrogens is 3. The standard InChI is InChI=1S/C29H35N7O2/c1-34(2)22-9-7-21(8-10-22)32-29-33-25-19-23(11-12-27(25)35(29)3)38-24-13-14-30-26(20-24)28(37)31-15-18-36-16-5-4-6-17-36/h7-14,19-20H,4-6,15-18H2,1-3H3,(H,31,37)(H,32,33). The number of pyridine rings is 1. The van der Waals surface area contributed by atoms with Crippen LogP contribution >= 0.6 is 0 Å². The fraction of sp³-hybridized carbons (Fsp3) is 0.345. The number of hydrogen-bond donors (Lipinski definition) is 2. The summed E-state index contributed by atoms with van der Waals surface area (Å²) in [6.07, 6.45) is 5.37. The minimum absolute atomic E-state index is 0.193. The predicted molar refractivity (Wildman–Crippen MR) is 152 cm³/mol. The van der Waals surface area contributed by atoms with Gasteiger partial charge < -0.3 is 29.7 Å². The van der Waals surface area contributed by atoms with Crippen LogP contribution in [0, 0.1) is 0 Å². The van der Waals surface area contributed by atoms with E-state index in [1.54, 1.807) is 18.3 Å². The number of nitrogens with zero attached hydrogens (tertiary/aromatic N) is 5. The molecule has 1 amide bonds. The van der Waals surface area contributed by atoms with Crippen LogP contribution in [0.1, 0.15) is 29.8 Å². The molecule has 0 aliphatic carbocycles. The van der Waals surface area contributed by atoms with E-state index in [4.69, 9.17) is 9.72 Å². The topological polar surface area (TPSA) is 87.5 Å². The van der Waals surface area contributed by atoms with E-state index in [9.17, 15) is 4.79 Å². The van der Waals surface area contributed by atoms with Gasteiger partial charge in [0, 0.05) is 63.9 Å². The van der Waals surface area contributed by atoms with Gasteiger partial charge in [-0.25, -0.2) is 4.98 Å². The molecule has 38 heavy (non-hydrogen) atoms. The van der Waals surface area contributed by atoms with Gasteiger partial charge in [-0.1, -0.05) is 6.42 Å². The number of carbonyl (C=O) groups excluding carboxylic acids is 1. The summed E-state index contributed by atoms with van der Waals surface area (Å²) in [6.45, 7) is 3.70. The second kappa shape index (κ2) is 11.5. The maximum atomic E-state index is 12.6. The van der Waals surface area contributed by atoms with Crippen molar-refractivity contribution in [2.75, 3.05) is 50.5 Å². The van der Waals surface area contributed by atoms with Gasteiger partial charge in [-0.3, -0.25) is 9.78 Å². The number of hydrogen-bond acceptors (Lipinski definition) is 7. The molecule has 2 aromatic carbocycles. The molecular weight excluding hydrogens is 478 g/mol. The molecule has 198 valence electrons. The molecule has 0 spiro atoms. The van der Waals surface area contributed by atoms with Crippen molar-refractivity contribution in [1.82, 2.24) is 24.8 Å². The Morgan fingerprint density at radius 1 is 1.00 bits per heavy atom. The highest BCUT2D eigenvalue weighted by Crippen LogP contribution is 2.28. The first-order chi connectivity index (χ1) is 18.5. The SMILES string of the molecule is CN(C)c1ccc(Nc2nc3cc(Oc4ccnc(C(=O)NCCN5CCCCC5)c4)ccc3n2C)cc1. The number of fused-ring (bicyclic) bond motifs is 1. The number of nitrogens with one attached hydrogen (secondary N) is 2. The molecule has 9 heteroatoms. The fourth-order valence-corrected chi connectivity index (χ4v) is 4.66. The first-order valence-corrected chi connectivity index (χ1v) is 13.1. The maximum absolute atomic E-state index is 12.6. The molecule has 1 aliphatic rings. The van der Waals surface area contributed by atoms with E-state index in [0.29, 0.717) is 23.7 Å². The highest BCUT2D eigenvalue weighted by molar-refractivity contribution is 5.92. The molecule has 0 bridgehead atoms. The van der Waals surface area contributed by atoms with Crippen LogP contribution in [-0.2, 0) is 7.05 Å². The van der Waals surface area contributed by atoms with Crippen molar-refractivity contribution in [2.45, 2.75) is 19.3 Å². The van der Waals surface area contributed by atoms with Gasteiger partial charge >= 0.3 is 0 Å². The van der Waals surface area contributed by atoms with Gasteiger partial charge in [0.1, 0.15) is 17.2 Å². The molecule has 4 aromatic rings. The van der Waals surface area contributed by atoms with Gasteiger partial charge in [-0.2, -0.15) is 0 Å². The molecule has 0 saturated carbocycles. The van der Waals surface area contributed by atoms with E-state index in [1.165, 1.54) is 19.3 Å². The summed E-state index contributed by atoms with van der Waals surface area (Å²) < 4.78 is 8.09. The number of carbonyl (C=O) groups is 1. The zero-order valence-electron chi connectivity index (χ0n) is 22.3. The second-order valence-corrected chi connectivity index (χ2v) is 9.85. The van der Waals surface area contributed by atoms with Crippen LogP contribution < -0.4 is 20.3 Å². The zero-order valence-corrected chi connectivity index (χ0v) is 22.3. The molecule has 3 heterocycles. The van der Waals surface area contributed by atoms with Crippen LogP contribution in [0.5, 0.6) is 11.5 Å². The van der Waals surface area contributed by atoms with Gasteiger partial charge in [-0.15, -0.1) is 0 Å². The van der Waals surface area contributed by atoms with E-state index in [1.807, 2.05) is 56.0 Å². The summed E-state index contributed by atoms with van der Waals surface area (Å²) in [5.41, 5.74) is 4.22. The van der Waals surface area contributed by atoms with Crippen LogP contribution in [0.4, 0.5) is 17.3 Å². The largest absolute Gasteiger partial charge is 0.457 e. The Labute approximate surface area is 223 Å². The summed E-state index contributed by atoms with van der Waals surface area (Å²) >= 11 is 0. The van der Waals surface area contributed by atoms with E-state index >= 15 is 0 Å². The Hall–Kier alpha value is -4.11. The van der Waals surface area contributed by atoms with Crippen molar-refractivity contribution in [1.29, 1.82) is 0 Å².